The molecule has 118 valence electrons. The number of ether oxygens (including phenoxy) is 1. The third-order valence-corrected chi connectivity index (χ3v) is 8.08. The molecular formula is C20H26O2. The highest BCUT2D eigenvalue weighted by atomic mass is 16.7. The summed E-state index contributed by atoms with van der Waals surface area (Å²) in [6.07, 6.45) is 10.2. The van der Waals surface area contributed by atoms with Gasteiger partial charge in [-0.2, -0.15) is 0 Å². The molecule has 0 aromatic rings. The Morgan fingerprint density at radius 1 is 0.955 bits per heavy atom. The molecule has 5 aliphatic rings. The van der Waals surface area contributed by atoms with E-state index in [0.717, 1.165) is 25.2 Å². The van der Waals surface area contributed by atoms with Crippen LogP contribution in [0.3, 0.4) is 0 Å². The van der Waals surface area contributed by atoms with E-state index in [9.17, 15) is 5.11 Å². The lowest BCUT2D eigenvalue weighted by Gasteiger charge is -2.36. The fraction of sp³-hybridized carbons (Fsp3) is 0.700. The van der Waals surface area contributed by atoms with Crippen molar-refractivity contribution in [2.75, 3.05) is 0 Å². The number of aliphatic hydroxyl groups is 1. The molecule has 10 unspecified atom stereocenters. The smallest absolute Gasteiger partial charge is 0.173 e. The molecule has 2 nitrogen and oxygen atoms in total. The molecule has 0 amide bonds. The molecule has 1 aliphatic heterocycles. The lowest BCUT2D eigenvalue weighted by molar-refractivity contribution is -0.258. The molecular weight excluding hydrogens is 272 g/mol. The number of fused-ring (bicyclic) bond motifs is 1. The predicted molar refractivity (Wildman–Crippen MR) is 85.7 cm³/mol. The standard InChI is InChI=1S/C20H26O2/c1-4-7-13-15-11-10-12-16(15)14(8-5-2)20(21)18(12)17(11)19(13,22-20)9-6-3/h4-6,11-18,21H,1-3,7-10H2. The molecule has 0 radical (unpaired) electrons. The molecule has 0 spiro atoms. The third-order valence-electron chi connectivity index (χ3n) is 8.08. The summed E-state index contributed by atoms with van der Waals surface area (Å²) < 4.78 is 6.67. The zero-order chi connectivity index (χ0) is 15.3. The van der Waals surface area contributed by atoms with E-state index in [0.29, 0.717) is 35.5 Å². The Balaban J connectivity index is 1.71. The Hall–Kier alpha value is -0.860. The third kappa shape index (κ3) is 1.12. The van der Waals surface area contributed by atoms with Crippen LogP contribution < -0.4 is 0 Å². The summed E-state index contributed by atoms with van der Waals surface area (Å²) in [6, 6.07) is 0. The van der Waals surface area contributed by atoms with Crippen LogP contribution >= 0.6 is 0 Å². The maximum Gasteiger partial charge on any atom is 0.173 e. The van der Waals surface area contributed by atoms with E-state index in [4.69, 9.17) is 4.74 Å². The molecule has 2 bridgehead atoms. The van der Waals surface area contributed by atoms with Gasteiger partial charge in [0.25, 0.3) is 0 Å². The van der Waals surface area contributed by atoms with Crippen molar-refractivity contribution in [3.63, 3.8) is 0 Å². The van der Waals surface area contributed by atoms with Gasteiger partial charge >= 0.3 is 0 Å². The molecule has 0 aromatic heterocycles. The zero-order valence-corrected chi connectivity index (χ0v) is 13.2. The van der Waals surface area contributed by atoms with E-state index < -0.39 is 5.79 Å². The second kappa shape index (κ2) is 3.96. The monoisotopic (exact) mass is 298 g/mol. The van der Waals surface area contributed by atoms with Crippen molar-refractivity contribution < 1.29 is 9.84 Å². The van der Waals surface area contributed by atoms with Crippen LogP contribution in [-0.4, -0.2) is 16.5 Å². The maximum atomic E-state index is 11.5. The highest BCUT2D eigenvalue weighted by Crippen LogP contribution is 2.84. The predicted octanol–water partition coefficient (Wildman–Crippen LogP) is 3.55. The Bertz CT molecular complexity index is 568. The summed E-state index contributed by atoms with van der Waals surface area (Å²) in [5.41, 5.74) is -0.176. The second-order valence-electron chi connectivity index (χ2n) is 8.33. The Kier molecular flexibility index (Phi) is 2.44. The van der Waals surface area contributed by atoms with Crippen LogP contribution in [0.25, 0.3) is 0 Å². The lowest BCUT2D eigenvalue weighted by atomic mass is 9.73. The van der Waals surface area contributed by atoms with E-state index in [1.54, 1.807) is 0 Å². The van der Waals surface area contributed by atoms with Crippen LogP contribution in [0.2, 0.25) is 0 Å². The Morgan fingerprint density at radius 3 is 2.27 bits per heavy atom. The van der Waals surface area contributed by atoms with Gasteiger partial charge in [-0.25, -0.2) is 0 Å². The van der Waals surface area contributed by atoms with Crippen LogP contribution in [0.4, 0.5) is 0 Å². The highest BCUT2D eigenvalue weighted by molar-refractivity contribution is 5.33. The molecule has 10 atom stereocenters. The van der Waals surface area contributed by atoms with Gasteiger partial charge in [-0.3, -0.25) is 0 Å². The largest absolute Gasteiger partial charge is 0.365 e. The first-order valence-corrected chi connectivity index (χ1v) is 8.89. The van der Waals surface area contributed by atoms with Crippen molar-refractivity contribution in [3.8, 4) is 0 Å². The van der Waals surface area contributed by atoms with Gasteiger partial charge in [0.2, 0.25) is 0 Å². The molecule has 5 rings (SSSR count). The van der Waals surface area contributed by atoms with Gasteiger partial charge in [-0.1, -0.05) is 18.2 Å². The summed E-state index contributed by atoms with van der Waals surface area (Å²) in [7, 11) is 0. The highest BCUT2D eigenvalue weighted by Gasteiger charge is 2.87. The lowest BCUT2D eigenvalue weighted by Crippen LogP contribution is -2.42. The van der Waals surface area contributed by atoms with E-state index in [-0.39, 0.29) is 11.5 Å². The first kappa shape index (κ1) is 13.6. The summed E-state index contributed by atoms with van der Waals surface area (Å²) in [6.45, 7) is 11.9. The van der Waals surface area contributed by atoms with Gasteiger partial charge in [0.15, 0.2) is 5.79 Å². The number of rotatable bonds is 6. The van der Waals surface area contributed by atoms with Crippen molar-refractivity contribution in [2.45, 2.75) is 37.1 Å². The summed E-state index contributed by atoms with van der Waals surface area (Å²) in [5.74, 6) is 3.55. The molecule has 22 heavy (non-hydrogen) atoms. The molecule has 0 aromatic carbocycles. The first-order valence-electron chi connectivity index (χ1n) is 8.89. The summed E-state index contributed by atoms with van der Waals surface area (Å²) in [5, 5.41) is 11.5. The molecule has 4 saturated carbocycles. The van der Waals surface area contributed by atoms with Gasteiger partial charge in [-0.15, -0.1) is 19.7 Å². The van der Waals surface area contributed by atoms with Crippen LogP contribution in [0, 0.1) is 47.3 Å². The quantitative estimate of drug-likeness (QED) is 0.760. The van der Waals surface area contributed by atoms with Crippen molar-refractivity contribution in [3.05, 3.63) is 38.0 Å². The average molecular weight is 298 g/mol. The fourth-order valence-electron chi connectivity index (χ4n) is 8.15. The maximum absolute atomic E-state index is 11.5. The van der Waals surface area contributed by atoms with E-state index >= 15 is 0 Å². The fourth-order valence-corrected chi connectivity index (χ4v) is 8.15. The van der Waals surface area contributed by atoms with Gasteiger partial charge in [0.1, 0.15) is 0 Å². The van der Waals surface area contributed by atoms with Gasteiger partial charge < -0.3 is 9.84 Å². The number of allylic oxidation sites excluding steroid dienone is 2. The van der Waals surface area contributed by atoms with Gasteiger partial charge in [0, 0.05) is 11.8 Å². The summed E-state index contributed by atoms with van der Waals surface area (Å²) >= 11 is 0. The Labute approximate surface area is 132 Å². The topological polar surface area (TPSA) is 29.5 Å². The van der Waals surface area contributed by atoms with Crippen molar-refractivity contribution in [1.29, 1.82) is 0 Å². The van der Waals surface area contributed by atoms with Crippen LogP contribution in [0.1, 0.15) is 25.7 Å². The van der Waals surface area contributed by atoms with Crippen LogP contribution in [0.5, 0.6) is 0 Å². The molecule has 4 aliphatic carbocycles. The molecule has 5 fully saturated rings. The zero-order valence-electron chi connectivity index (χ0n) is 13.2. The molecule has 2 heteroatoms. The molecule has 1 saturated heterocycles. The van der Waals surface area contributed by atoms with Crippen molar-refractivity contribution in [2.24, 2.45) is 47.3 Å². The van der Waals surface area contributed by atoms with Crippen LogP contribution in [-0.2, 0) is 4.74 Å². The number of hydrogen-bond donors (Lipinski definition) is 1. The van der Waals surface area contributed by atoms with E-state index in [2.05, 4.69) is 25.8 Å². The minimum absolute atomic E-state index is 0.176. The SMILES string of the molecule is C=CCC1C2C3CC4C2C(CC=C)C2(CC=C)OC1(O)C3C42. The van der Waals surface area contributed by atoms with Gasteiger partial charge in [-0.05, 0) is 61.2 Å². The van der Waals surface area contributed by atoms with E-state index in [1.807, 2.05) is 12.2 Å². The molecule has 1 heterocycles. The normalized spacial score (nSPS) is 62.0. The first-order chi connectivity index (χ1) is 10.6. The Morgan fingerprint density at radius 2 is 1.59 bits per heavy atom. The summed E-state index contributed by atoms with van der Waals surface area (Å²) in [4.78, 5) is 0. The van der Waals surface area contributed by atoms with Crippen LogP contribution in [0.15, 0.2) is 38.0 Å². The second-order valence-corrected chi connectivity index (χ2v) is 8.33. The van der Waals surface area contributed by atoms with Crippen molar-refractivity contribution in [1.82, 2.24) is 0 Å². The molecule has 1 N–H and O–H groups in total. The number of hydrogen-bond acceptors (Lipinski definition) is 2. The minimum Gasteiger partial charge on any atom is -0.365 e. The van der Waals surface area contributed by atoms with Gasteiger partial charge in [0.05, 0.1) is 5.60 Å². The minimum atomic E-state index is -0.906. The average Bonchev–Trinajstić information content (AvgIpc) is 3.16. The van der Waals surface area contributed by atoms with Crippen molar-refractivity contribution >= 4 is 0 Å². The van der Waals surface area contributed by atoms with E-state index in [1.165, 1.54) is 6.42 Å².